The van der Waals surface area contributed by atoms with Crippen LogP contribution in [0.2, 0.25) is 0 Å². The van der Waals surface area contributed by atoms with Crippen LogP contribution in [0.25, 0.3) is 0 Å². The molecule has 0 saturated carbocycles. The van der Waals surface area contributed by atoms with E-state index in [1.807, 2.05) is 12.1 Å². The Bertz CT molecular complexity index is 717. The smallest absolute Gasteiger partial charge is 0.336 e. The molecule has 0 aliphatic heterocycles. The molecule has 5 nitrogen and oxygen atoms in total. The Morgan fingerprint density at radius 1 is 1.05 bits per heavy atom. The third-order valence-corrected chi connectivity index (χ3v) is 3.49. The molecule has 0 spiro atoms. The Hall–Kier alpha value is -2.82. The molecule has 0 heterocycles. The van der Waals surface area contributed by atoms with Crippen LogP contribution in [0.3, 0.4) is 0 Å². The van der Waals surface area contributed by atoms with Crippen molar-refractivity contribution in [2.45, 2.75) is 13.3 Å². The fraction of sp³-hybridized carbons (Fsp3) is 0.176. The van der Waals surface area contributed by atoms with E-state index in [2.05, 4.69) is 0 Å². The van der Waals surface area contributed by atoms with Gasteiger partial charge in [-0.15, -0.1) is 0 Å². The zero-order chi connectivity index (χ0) is 16.3. The Morgan fingerprint density at radius 3 is 2.18 bits per heavy atom. The van der Waals surface area contributed by atoms with Crippen LogP contribution in [-0.4, -0.2) is 29.3 Å². The fourth-order valence-corrected chi connectivity index (χ4v) is 2.31. The van der Waals surface area contributed by atoms with Crippen molar-refractivity contribution < 1.29 is 24.5 Å². The quantitative estimate of drug-likeness (QED) is 0.886. The maximum Gasteiger partial charge on any atom is 0.336 e. The van der Waals surface area contributed by atoms with Crippen molar-refractivity contribution in [3.05, 3.63) is 64.2 Å². The molecule has 0 fully saturated rings. The number of methoxy groups -OCH3 is 1. The van der Waals surface area contributed by atoms with Gasteiger partial charge in [-0.25, -0.2) is 9.59 Å². The molecule has 0 atom stereocenters. The highest BCUT2D eigenvalue weighted by molar-refractivity contribution is 5.95. The summed E-state index contributed by atoms with van der Waals surface area (Å²) in [6.45, 7) is 1.72. The van der Waals surface area contributed by atoms with Crippen molar-refractivity contribution in [2.24, 2.45) is 0 Å². The van der Waals surface area contributed by atoms with Crippen molar-refractivity contribution in [3.8, 4) is 5.75 Å². The van der Waals surface area contributed by atoms with Gasteiger partial charge in [0.25, 0.3) is 0 Å². The third-order valence-electron chi connectivity index (χ3n) is 3.49. The summed E-state index contributed by atoms with van der Waals surface area (Å²) in [7, 11) is 1.58. The zero-order valence-electron chi connectivity index (χ0n) is 12.3. The van der Waals surface area contributed by atoms with E-state index in [-0.39, 0.29) is 11.1 Å². The van der Waals surface area contributed by atoms with Gasteiger partial charge in [0, 0.05) is 0 Å². The lowest BCUT2D eigenvalue weighted by molar-refractivity contribution is 0.0695. The number of hydrogen-bond acceptors (Lipinski definition) is 3. The van der Waals surface area contributed by atoms with Gasteiger partial charge in [-0.2, -0.15) is 0 Å². The summed E-state index contributed by atoms with van der Waals surface area (Å²) < 4.78 is 5.09. The minimum atomic E-state index is -1.14. The van der Waals surface area contributed by atoms with Crippen LogP contribution in [0.4, 0.5) is 0 Å². The average Bonchev–Trinajstić information content (AvgIpc) is 2.49. The van der Waals surface area contributed by atoms with Gasteiger partial charge in [0.15, 0.2) is 0 Å². The molecule has 2 N–H and O–H groups in total. The maximum absolute atomic E-state index is 11.4. The minimum Gasteiger partial charge on any atom is -0.497 e. The first-order valence-electron chi connectivity index (χ1n) is 6.65. The van der Waals surface area contributed by atoms with Crippen molar-refractivity contribution >= 4 is 11.9 Å². The molecule has 0 amide bonds. The molecule has 5 heteroatoms. The second-order valence-electron chi connectivity index (χ2n) is 4.95. The van der Waals surface area contributed by atoms with Crippen LogP contribution in [0.15, 0.2) is 36.4 Å². The van der Waals surface area contributed by atoms with Gasteiger partial charge in [-0.3, -0.25) is 0 Å². The first-order chi connectivity index (χ1) is 10.4. The molecule has 2 aromatic carbocycles. The number of aromatic carboxylic acids is 2. The summed E-state index contributed by atoms with van der Waals surface area (Å²) >= 11 is 0. The number of benzene rings is 2. The molecule has 0 aliphatic rings. The highest BCUT2D eigenvalue weighted by atomic mass is 16.5. The van der Waals surface area contributed by atoms with Gasteiger partial charge in [-0.1, -0.05) is 12.1 Å². The first kappa shape index (κ1) is 15.6. The Kier molecular flexibility index (Phi) is 4.46. The molecular formula is C17H16O5. The number of aryl methyl sites for hydroxylation is 1. The van der Waals surface area contributed by atoms with Gasteiger partial charge in [-0.05, 0) is 54.3 Å². The van der Waals surface area contributed by atoms with E-state index >= 15 is 0 Å². The van der Waals surface area contributed by atoms with Crippen LogP contribution in [0.5, 0.6) is 5.75 Å². The fourth-order valence-electron chi connectivity index (χ4n) is 2.31. The van der Waals surface area contributed by atoms with Crippen molar-refractivity contribution in [1.29, 1.82) is 0 Å². The summed E-state index contributed by atoms with van der Waals surface area (Å²) in [5.74, 6) is -1.54. The first-order valence-corrected chi connectivity index (χ1v) is 6.65. The van der Waals surface area contributed by atoms with Crippen LogP contribution in [0.1, 0.15) is 37.4 Å². The maximum atomic E-state index is 11.4. The third kappa shape index (κ3) is 3.25. The summed E-state index contributed by atoms with van der Waals surface area (Å²) in [4.78, 5) is 22.5. The molecule has 0 aromatic heterocycles. The molecule has 0 unspecified atom stereocenters. The lowest BCUT2D eigenvalue weighted by Gasteiger charge is -2.12. The number of rotatable bonds is 5. The zero-order valence-corrected chi connectivity index (χ0v) is 12.3. The summed E-state index contributed by atoms with van der Waals surface area (Å²) in [6.07, 6.45) is 0.414. The molecule has 114 valence electrons. The SMILES string of the molecule is COc1ccc(Cc2c(C)cc(C(=O)O)cc2C(=O)O)cc1. The lowest BCUT2D eigenvalue weighted by atomic mass is 9.93. The van der Waals surface area contributed by atoms with Gasteiger partial charge in [0.2, 0.25) is 0 Å². The summed E-state index contributed by atoms with van der Waals surface area (Å²) in [6, 6.07) is 10.0. The van der Waals surface area contributed by atoms with E-state index < -0.39 is 11.9 Å². The minimum absolute atomic E-state index is 0.0200. The average molecular weight is 300 g/mol. The van der Waals surface area contributed by atoms with Gasteiger partial charge in [0.1, 0.15) is 5.75 Å². The molecule has 2 aromatic rings. The van der Waals surface area contributed by atoms with Crippen molar-refractivity contribution in [1.82, 2.24) is 0 Å². The van der Waals surface area contributed by atoms with E-state index in [9.17, 15) is 14.7 Å². The largest absolute Gasteiger partial charge is 0.497 e. The highest BCUT2D eigenvalue weighted by Gasteiger charge is 2.17. The second kappa shape index (κ2) is 6.30. The lowest BCUT2D eigenvalue weighted by Crippen LogP contribution is -2.09. The standard InChI is InChI=1S/C17H16O5/c1-10-7-12(16(18)19)9-15(17(20)21)14(10)8-11-3-5-13(22-2)6-4-11/h3-7,9H,8H2,1-2H3,(H,18,19)(H,20,21). The predicted molar refractivity (Wildman–Crippen MR) is 80.9 cm³/mol. The Labute approximate surface area is 127 Å². The number of hydrogen-bond donors (Lipinski definition) is 2. The number of carbonyl (C=O) groups is 2. The number of carboxylic acid groups (broad SMARTS) is 2. The monoisotopic (exact) mass is 300 g/mol. The van der Waals surface area contributed by atoms with Crippen LogP contribution in [0, 0.1) is 6.92 Å². The second-order valence-corrected chi connectivity index (χ2v) is 4.95. The summed E-state index contributed by atoms with van der Waals surface area (Å²) in [5, 5.41) is 18.4. The van der Waals surface area contributed by atoms with E-state index in [1.54, 1.807) is 26.2 Å². The Morgan fingerprint density at radius 2 is 1.68 bits per heavy atom. The van der Waals surface area contributed by atoms with E-state index in [0.717, 1.165) is 11.3 Å². The van der Waals surface area contributed by atoms with Gasteiger partial charge >= 0.3 is 11.9 Å². The molecule has 0 aliphatic carbocycles. The number of carboxylic acids is 2. The molecule has 0 bridgehead atoms. The Balaban J connectivity index is 2.44. The summed E-state index contributed by atoms with van der Waals surface area (Å²) in [5.41, 5.74) is 2.19. The molecular weight excluding hydrogens is 284 g/mol. The van der Waals surface area contributed by atoms with Crippen LogP contribution < -0.4 is 4.74 Å². The molecule has 0 saturated heterocycles. The molecule has 22 heavy (non-hydrogen) atoms. The highest BCUT2D eigenvalue weighted by Crippen LogP contribution is 2.22. The van der Waals surface area contributed by atoms with Gasteiger partial charge in [0.05, 0.1) is 18.2 Å². The molecule has 0 radical (unpaired) electrons. The van der Waals surface area contributed by atoms with Crippen LogP contribution >= 0.6 is 0 Å². The number of ether oxygens (including phenoxy) is 1. The normalized spacial score (nSPS) is 10.3. The van der Waals surface area contributed by atoms with Gasteiger partial charge < -0.3 is 14.9 Å². The van der Waals surface area contributed by atoms with E-state index in [0.29, 0.717) is 17.5 Å². The van der Waals surface area contributed by atoms with E-state index in [4.69, 9.17) is 9.84 Å². The van der Waals surface area contributed by atoms with E-state index in [1.165, 1.54) is 12.1 Å². The predicted octanol–water partition coefficient (Wildman–Crippen LogP) is 2.99. The topological polar surface area (TPSA) is 83.8 Å². The van der Waals surface area contributed by atoms with Crippen molar-refractivity contribution in [3.63, 3.8) is 0 Å². The van der Waals surface area contributed by atoms with Crippen molar-refractivity contribution in [2.75, 3.05) is 7.11 Å². The van der Waals surface area contributed by atoms with Crippen LogP contribution in [-0.2, 0) is 6.42 Å². The molecule has 2 rings (SSSR count).